The standard InChI is InChI=1S/C17H20N4O3/c1-24-16(22)13-6-5-10-20(12-13)17(23)18-15-9-11-21(19-15)14-7-3-2-4-8-14/h2-4,7-9,11,13H,5-6,10,12H2,1H3,(H,18,19,23). The zero-order valence-corrected chi connectivity index (χ0v) is 13.5. The molecular formula is C17H20N4O3. The van der Waals surface area contributed by atoms with Crippen molar-refractivity contribution >= 4 is 17.8 Å². The van der Waals surface area contributed by atoms with Gasteiger partial charge >= 0.3 is 12.0 Å². The van der Waals surface area contributed by atoms with Gasteiger partial charge in [0, 0.05) is 25.4 Å². The third kappa shape index (κ3) is 3.56. The van der Waals surface area contributed by atoms with Gasteiger partial charge in [0.15, 0.2) is 5.82 Å². The molecule has 2 amide bonds. The molecule has 2 heterocycles. The number of carbonyl (C=O) groups excluding carboxylic acids is 2. The number of anilines is 1. The van der Waals surface area contributed by atoms with E-state index in [9.17, 15) is 9.59 Å². The van der Waals surface area contributed by atoms with Crippen LogP contribution in [-0.4, -0.2) is 46.9 Å². The highest BCUT2D eigenvalue weighted by Gasteiger charge is 2.29. The number of hydrogen-bond acceptors (Lipinski definition) is 4. The van der Waals surface area contributed by atoms with Crippen molar-refractivity contribution in [2.75, 3.05) is 25.5 Å². The first-order chi connectivity index (χ1) is 11.7. The van der Waals surface area contributed by atoms with Crippen LogP contribution in [0.5, 0.6) is 0 Å². The van der Waals surface area contributed by atoms with E-state index in [1.165, 1.54) is 7.11 Å². The Kier molecular flexibility index (Phi) is 4.79. The van der Waals surface area contributed by atoms with Crippen LogP contribution in [0.2, 0.25) is 0 Å². The summed E-state index contributed by atoms with van der Waals surface area (Å²) in [7, 11) is 1.37. The molecule has 0 bridgehead atoms. The minimum atomic E-state index is -0.263. The molecule has 1 saturated heterocycles. The molecule has 1 aromatic carbocycles. The molecule has 1 aliphatic rings. The third-order valence-corrected chi connectivity index (χ3v) is 4.09. The first-order valence-corrected chi connectivity index (χ1v) is 7.92. The fourth-order valence-corrected chi connectivity index (χ4v) is 2.82. The van der Waals surface area contributed by atoms with Crippen LogP contribution in [0, 0.1) is 5.92 Å². The lowest BCUT2D eigenvalue weighted by atomic mass is 9.98. The Labute approximate surface area is 140 Å². The van der Waals surface area contributed by atoms with E-state index >= 15 is 0 Å². The summed E-state index contributed by atoms with van der Waals surface area (Å²) in [4.78, 5) is 25.7. The Morgan fingerprint density at radius 3 is 2.79 bits per heavy atom. The van der Waals surface area contributed by atoms with E-state index in [-0.39, 0.29) is 17.9 Å². The van der Waals surface area contributed by atoms with E-state index in [1.54, 1.807) is 21.8 Å². The van der Waals surface area contributed by atoms with Gasteiger partial charge in [-0.2, -0.15) is 0 Å². The molecule has 0 spiro atoms. The molecule has 24 heavy (non-hydrogen) atoms. The van der Waals surface area contributed by atoms with E-state index in [0.29, 0.717) is 18.9 Å². The number of nitrogens with zero attached hydrogens (tertiary/aromatic N) is 3. The maximum Gasteiger partial charge on any atom is 0.323 e. The number of likely N-dealkylation sites (tertiary alicyclic amines) is 1. The molecule has 1 aromatic heterocycles. The summed E-state index contributed by atoms with van der Waals surface area (Å²) < 4.78 is 6.47. The number of methoxy groups -OCH3 is 1. The van der Waals surface area contributed by atoms with E-state index in [1.807, 2.05) is 30.3 Å². The lowest BCUT2D eigenvalue weighted by molar-refractivity contribution is -0.146. The molecule has 1 atom stereocenters. The van der Waals surface area contributed by atoms with Crippen molar-refractivity contribution in [2.45, 2.75) is 12.8 Å². The van der Waals surface area contributed by atoms with Gasteiger partial charge in [-0.15, -0.1) is 5.10 Å². The summed E-state index contributed by atoms with van der Waals surface area (Å²) in [6.07, 6.45) is 3.32. The van der Waals surface area contributed by atoms with E-state index in [4.69, 9.17) is 4.74 Å². The highest BCUT2D eigenvalue weighted by Crippen LogP contribution is 2.19. The van der Waals surface area contributed by atoms with Gasteiger partial charge in [-0.3, -0.25) is 10.1 Å². The monoisotopic (exact) mass is 328 g/mol. The summed E-state index contributed by atoms with van der Waals surface area (Å²) in [5, 5.41) is 7.13. The molecule has 0 aliphatic carbocycles. The lowest BCUT2D eigenvalue weighted by Gasteiger charge is -2.31. The first-order valence-electron chi connectivity index (χ1n) is 7.92. The highest BCUT2D eigenvalue weighted by atomic mass is 16.5. The van der Waals surface area contributed by atoms with Gasteiger partial charge in [-0.25, -0.2) is 9.48 Å². The van der Waals surface area contributed by atoms with Gasteiger partial charge in [0.2, 0.25) is 0 Å². The minimum absolute atomic E-state index is 0.248. The van der Waals surface area contributed by atoms with Crippen LogP contribution < -0.4 is 5.32 Å². The zero-order chi connectivity index (χ0) is 16.9. The molecule has 1 N–H and O–H groups in total. The third-order valence-electron chi connectivity index (χ3n) is 4.09. The molecule has 0 saturated carbocycles. The van der Waals surface area contributed by atoms with Gasteiger partial charge < -0.3 is 9.64 Å². The van der Waals surface area contributed by atoms with Crippen LogP contribution in [0.15, 0.2) is 42.6 Å². The molecule has 7 nitrogen and oxygen atoms in total. The first kappa shape index (κ1) is 16.0. The average Bonchev–Trinajstić information content (AvgIpc) is 3.10. The predicted molar refractivity (Wildman–Crippen MR) is 88.9 cm³/mol. The number of nitrogens with one attached hydrogen (secondary N) is 1. The number of piperidine rings is 1. The van der Waals surface area contributed by atoms with Crippen molar-refractivity contribution in [3.05, 3.63) is 42.6 Å². The summed E-state index contributed by atoms with van der Waals surface area (Å²) in [5.74, 6) is -0.0405. The summed E-state index contributed by atoms with van der Waals surface area (Å²) in [6.45, 7) is 0.997. The Hall–Kier alpha value is -2.83. The lowest BCUT2D eigenvalue weighted by Crippen LogP contribution is -2.44. The van der Waals surface area contributed by atoms with Crippen LogP contribution in [0.1, 0.15) is 12.8 Å². The second-order valence-electron chi connectivity index (χ2n) is 5.72. The SMILES string of the molecule is COC(=O)C1CCCN(C(=O)Nc2ccn(-c3ccccc3)n2)C1. The average molecular weight is 328 g/mol. The van der Waals surface area contributed by atoms with Crippen LogP contribution in [-0.2, 0) is 9.53 Å². The molecule has 1 aliphatic heterocycles. The van der Waals surface area contributed by atoms with Gasteiger partial charge in [-0.05, 0) is 25.0 Å². The quantitative estimate of drug-likeness (QED) is 0.877. The van der Waals surface area contributed by atoms with Crippen molar-refractivity contribution in [3.8, 4) is 5.69 Å². The van der Waals surface area contributed by atoms with Crippen molar-refractivity contribution < 1.29 is 14.3 Å². The zero-order valence-electron chi connectivity index (χ0n) is 13.5. The van der Waals surface area contributed by atoms with Gasteiger partial charge in [0.25, 0.3) is 0 Å². The number of hydrogen-bond donors (Lipinski definition) is 1. The number of carbonyl (C=O) groups is 2. The smallest absolute Gasteiger partial charge is 0.323 e. The molecule has 3 rings (SSSR count). The van der Waals surface area contributed by atoms with Crippen LogP contribution in [0.3, 0.4) is 0 Å². The van der Waals surface area contributed by atoms with Crippen molar-refractivity contribution in [3.63, 3.8) is 0 Å². The number of ether oxygens (including phenoxy) is 1. The number of benzene rings is 1. The second kappa shape index (κ2) is 7.16. The maximum atomic E-state index is 12.4. The van der Waals surface area contributed by atoms with E-state index in [0.717, 1.165) is 18.5 Å². The van der Waals surface area contributed by atoms with Gasteiger partial charge in [0.05, 0.1) is 18.7 Å². The molecule has 7 heteroatoms. The maximum absolute atomic E-state index is 12.4. The molecule has 2 aromatic rings. The highest BCUT2D eigenvalue weighted by molar-refractivity contribution is 5.88. The number of rotatable bonds is 3. The van der Waals surface area contributed by atoms with E-state index in [2.05, 4.69) is 10.4 Å². The molecule has 1 fully saturated rings. The molecular weight excluding hydrogens is 308 g/mol. The van der Waals surface area contributed by atoms with Crippen LogP contribution in [0.4, 0.5) is 10.6 Å². The number of urea groups is 1. The Balaban J connectivity index is 1.63. The Bertz CT molecular complexity index is 714. The molecule has 1 unspecified atom stereocenters. The second-order valence-corrected chi connectivity index (χ2v) is 5.72. The van der Waals surface area contributed by atoms with E-state index < -0.39 is 0 Å². The Morgan fingerprint density at radius 1 is 1.25 bits per heavy atom. The number of amides is 2. The number of aromatic nitrogens is 2. The van der Waals surface area contributed by atoms with Crippen molar-refractivity contribution in [1.82, 2.24) is 14.7 Å². The number of para-hydroxylation sites is 1. The van der Waals surface area contributed by atoms with Crippen molar-refractivity contribution in [2.24, 2.45) is 5.92 Å². The Morgan fingerprint density at radius 2 is 2.04 bits per heavy atom. The normalized spacial score (nSPS) is 17.4. The van der Waals surface area contributed by atoms with Gasteiger partial charge in [-0.1, -0.05) is 18.2 Å². The fourth-order valence-electron chi connectivity index (χ4n) is 2.82. The summed E-state index contributed by atoms with van der Waals surface area (Å²) in [5.41, 5.74) is 0.918. The number of esters is 1. The predicted octanol–water partition coefficient (Wildman–Crippen LogP) is 2.29. The molecule has 126 valence electrons. The summed E-state index contributed by atoms with van der Waals surface area (Å²) in [6, 6.07) is 11.2. The van der Waals surface area contributed by atoms with Crippen LogP contribution >= 0.6 is 0 Å². The van der Waals surface area contributed by atoms with Crippen molar-refractivity contribution in [1.29, 1.82) is 0 Å². The summed E-state index contributed by atoms with van der Waals surface area (Å²) >= 11 is 0. The van der Waals surface area contributed by atoms with Crippen LogP contribution in [0.25, 0.3) is 5.69 Å². The topological polar surface area (TPSA) is 76.5 Å². The molecule has 0 radical (unpaired) electrons. The fraction of sp³-hybridized carbons (Fsp3) is 0.353. The largest absolute Gasteiger partial charge is 0.469 e. The van der Waals surface area contributed by atoms with Gasteiger partial charge in [0.1, 0.15) is 0 Å². The minimum Gasteiger partial charge on any atom is -0.469 e.